The number of fused-ring (bicyclic) bond motifs is 1. The van der Waals surface area contributed by atoms with Crippen LogP contribution in [-0.2, 0) is 19.6 Å². The fourth-order valence-corrected chi connectivity index (χ4v) is 5.56. The number of anilines is 2. The van der Waals surface area contributed by atoms with Gasteiger partial charge in [-0.15, -0.1) is 0 Å². The number of rotatable bonds is 9. The maximum atomic E-state index is 12.9. The lowest BCUT2D eigenvalue weighted by Gasteiger charge is -2.25. The number of carbonyl (C=O) groups excluding carboxylic acids is 2. The largest absolute Gasteiger partial charge is 0.493 e. The highest BCUT2D eigenvalue weighted by atomic mass is 32.2. The first kappa shape index (κ1) is 26.5. The van der Waals surface area contributed by atoms with E-state index in [1.165, 1.54) is 7.11 Å². The van der Waals surface area contributed by atoms with Crippen LogP contribution < -0.4 is 19.1 Å². The molecule has 0 bridgehead atoms. The highest BCUT2D eigenvalue weighted by Crippen LogP contribution is 2.42. The average Bonchev–Trinajstić information content (AvgIpc) is 3.52. The van der Waals surface area contributed by atoms with Gasteiger partial charge in [0.1, 0.15) is 12.5 Å². The van der Waals surface area contributed by atoms with Crippen molar-refractivity contribution in [2.45, 2.75) is 32.1 Å². The molecule has 1 atom stereocenters. The van der Waals surface area contributed by atoms with Crippen molar-refractivity contribution in [1.82, 2.24) is 4.90 Å². The predicted molar refractivity (Wildman–Crippen MR) is 143 cm³/mol. The van der Waals surface area contributed by atoms with Crippen LogP contribution in [0.4, 0.5) is 17.1 Å². The molecule has 0 aliphatic carbocycles. The summed E-state index contributed by atoms with van der Waals surface area (Å²) in [5, 5.41) is 2.89. The van der Waals surface area contributed by atoms with Gasteiger partial charge in [-0.3, -0.25) is 18.9 Å². The van der Waals surface area contributed by atoms with Crippen molar-refractivity contribution in [2.24, 2.45) is 4.99 Å². The van der Waals surface area contributed by atoms with Crippen molar-refractivity contribution >= 4 is 44.6 Å². The molecule has 2 aliphatic heterocycles. The van der Waals surface area contributed by atoms with E-state index in [9.17, 15) is 18.0 Å². The fourth-order valence-electron chi connectivity index (χ4n) is 4.72. The van der Waals surface area contributed by atoms with E-state index in [1.54, 1.807) is 48.4 Å². The van der Waals surface area contributed by atoms with Crippen LogP contribution in [-0.4, -0.2) is 71.0 Å². The van der Waals surface area contributed by atoms with Crippen molar-refractivity contribution in [2.75, 3.05) is 49.7 Å². The number of benzene rings is 2. The van der Waals surface area contributed by atoms with E-state index >= 15 is 0 Å². The molecule has 0 aromatic heterocycles. The third-order valence-corrected chi connectivity index (χ3v) is 7.77. The molecule has 2 aromatic carbocycles. The summed E-state index contributed by atoms with van der Waals surface area (Å²) in [7, 11) is -0.598. The Morgan fingerprint density at radius 2 is 1.73 bits per heavy atom. The minimum absolute atomic E-state index is 0.189. The lowest BCUT2D eigenvalue weighted by molar-refractivity contribution is -0.128. The van der Waals surface area contributed by atoms with E-state index in [-0.39, 0.29) is 18.4 Å². The minimum atomic E-state index is -3.67. The maximum absolute atomic E-state index is 12.9. The summed E-state index contributed by atoms with van der Waals surface area (Å²) in [6.45, 7) is 2.99. The third-order valence-electron chi connectivity index (χ3n) is 6.63. The van der Waals surface area contributed by atoms with Gasteiger partial charge >= 0.3 is 0 Å². The molecule has 10 nitrogen and oxygen atoms in total. The second kappa shape index (κ2) is 10.8. The number of nitrogens with zero attached hydrogens (tertiary/aromatic N) is 3. The van der Waals surface area contributed by atoms with Crippen molar-refractivity contribution < 1.29 is 27.5 Å². The highest BCUT2D eigenvalue weighted by molar-refractivity contribution is 7.92. The number of aliphatic imine (C=N–C) groups is 1. The molecule has 4 rings (SSSR count). The Labute approximate surface area is 217 Å². The number of carbonyl (C=O) groups is 2. The number of methoxy groups -OCH3 is 2. The first-order valence-electron chi connectivity index (χ1n) is 12.2. The van der Waals surface area contributed by atoms with E-state index in [2.05, 4.69) is 5.32 Å². The highest BCUT2D eigenvalue weighted by Gasteiger charge is 2.35. The van der Waals surface area contributed by atoms with Gasteiger partial charge < -0.3 is 19.7 Å². The molecule has 2 aliphatic rings. The maximum Gasteiger partial charge on any atom is 0.243 e. The topological polar surface area (TPSA) is 118 Å². The molecule has 0 saturated carbocycles. The van der Waals surface area contributed by atoms with Gasteiger partial charge in [0.2, 0.25) is 21.8 Å². The Bertz CT molecular complexity index is 1320. The third kappa shape index (κ3) is 5.56. The first-order valence-corrected chi connectivity index (χ1v) is 14.0. The van der Waals surface area contributed by atoms with Crippen LogP contribution in [0.2, 0.25) is 0 Å². The zero-order chi connectivity index (χ0) is 26.7. The molecule has 2 heterocycles. The lowest BCUT2D eigenvalue weighted by Crippen LogP contribution is -2.41. The van der Waals surface area contributed by atoms with Crippen LogP contribution in [0.5, 0.6) is 11.5 Å². The van der Waals surface area contributed by atoms with Gasteiger partial charge in [-0.1, -0.05) is 6.92 Å². The Morgan fingerprint density at radius 1 is 1.11 bits per heavy atom. The van der Waals surface area contributed by atoms with E-state index in [0.29, 0.717) is 53.8 Å². The molecule has 0 spiro atoms. The normalized spacial score (nSPS) is 17.4. The summed E-state index contributed by atoms with van der Waals surface area (Å²) >= 11 is 0. The summed E-state index contributed by atoms with van der Waals surface area (Å²) in [5.74, 6) is 0.0471. The molecular formula is C26H32N4O6S. The summed E-state index contributed by atoms with van der Waals surface area (Å²) < 4.78 is 36.8. The van der Waals surface area contributed by atoms with Crippen molar-refractivity contribution in [1.29, 1.82) is 0 Å². The first-order chi connectivity index (χ1) is 17.7. The zero-order valence-corrected chi connectivity index (χ0v) is 22.3. The Balaban J connectivity index is 1.61. The standard InChI is InChI=1S/C26H32N4O6S/c1-5-20(25-19-14-22(35-2)23(36-3)15-21(19)28-26(25)32)27-17-8-10-18(11-9-17)30(37(4,33)34)16-24(31)29-12-6-7-13-29/h8-11,14-15,25H,5-7,12-13,16H2,1-4H3,(H,28,32). The van der Waals surface area contributed by atoms with Crippen LogP contribution in [0, 0.1) is 0 Å². The Morgan fingerprint density at radius 3 is 2.30 bits per heavy atom. The number of likely N-dealkylation sites (tertiary alicyclic amines) is 1. The molecular weight excluding hydrogens is 496 g/mol. The van der Waals surface area contributed by atoms with Crippen LogP contribution in [0.25, 0.3) is 0 Å². The van der Waals surface area contributed by atoms with Gasteiger partial charge in [-0.25, -0.2) is 8.42 Å². The Kier molecular flexibility index (Phi) is 7.72. The van der Waals surface area contributed by atoms with Crippen LogP contribution in [0.3, 0.4) is 0 Å². The van der Waals surface area contributed by atoms with Crippen molar-refractivity contribution in [3.8, 4) is 11.5 Å². The molecule has 1 N–H and O–H groups in total. The van der Waals surface area contributed by atoms with Gasteiger partial charge in [0.05, 0.1) is 31.9 Å². The SMILES string of the molecule is CCC(=Nc1ccc(N(CC(=O)N2CCCC2)S(C)(=O)=O)cc1)C1C(=O)Nc2cc(OC)c(OC)cc21. The molecule has 0 radical (unpaired) electrons. The number of nitrogens with one attached hydrogen (secondary N) is 1. The van der Waals surface area contributed by atoms with Gasteiger partial charge in [-0.2, -0.15) is 0 Å². The number of hydrogen-bond acceptors (Lipinski definition) is 7. The van der Waals surface area contributed by atoms with Gasteiger partial charge in [0.25, 0.3) is 0 Å². The monoisotopic (exact) mass is 528 g/mol. The average molecular weight is 529 g/mol. The summed E-state index contributed by atoms with van der Waals surface area (Å²) in [6.07, 6.45) is 3.47. The lowest BCUT2D eigenvalue weighted by atomic mass is 9.93. The van der Waals surface area contributed by atoms with E-state index in [0.717, 1.165) is 29.0 Å². The second-order valence-electron chi connectivity index (χ2n) is 9.05. The quantitative estimate of drug-likeness (QED) is 0.499. The van der Waals surface area contributed by atoms with E-state index < -0.39 is 15.9 Å². The van der Waals surface area contributed by atoms with Crippen LogP contribution in [0.15, 0.2) is 41.4 Å². The molecule has 198 valence electrons. The summed E-state index contributed by atoms with van der Waals surface area (Å²) in [6, 6.07) is 10.1. The fraction of sp³-hybridized carbons (Fsp3) is 0.423. The molecule has 1 fully saturated rings. The van der Waals surface area contributed by atoms with Crippen LogP contribution in [0.1, 0.15) is 37.7 Å². The van der Waals surface area contributed by atoms with Crippen molar-refractivity contribution in [3.05, 3.63) is 42.0 Å². The smallest absolute Gasteiger partial charge is 0.243 e. The number of ether oxygens (including phenoxy) is 2. The summed E-state index contributed by atoms with van der Waals surface area (Å²) in [5.41, 5.74) is 3.01. The zero-order valence-electron chi connectivity index (χ0n) is 21.5. The van der Waals surface area contributed by atoms with E-state index in [1.807, 2.05) is 6.92 Å². The molecule has 37 heavy (non-hydrogen) atoms. The van der Waals surface area contributed by atoms with Gasteiger partial charge in [0, 0.05) is 30.6 Å². The molecule has 2 aromatic rings. The van der Waals surface area contributed by atoms with Crippen LogP contribution >= 0.6 is 0 Å². The second-order valence-corrected chi connectivity index (χ2v) is 11.0. The number of amides is 2. The van der Waals surface area contributed by atoms with Gasteiger partial charge in [0.15, 0.2) is 11.5 Å². The Hall–Kier alpha value is -3.60. The number of sulfonamides is 1. The number of hydrogen-bond donors (Lipinski definition) is 1. The summed E-state index contributed by atoms with van der Waals surface area (Å²) in [4.78, 5) is 32.0. The predicted octanol–water partition coefficient (Wildman–Crippen LogP) is 3.31. The van der Waals surface area contributed by atoms with Gasteiger partial charge in [-0.05, 0) is 55.2 Å². The minimum Gasteiger partial charge on any atom is -0.493 e. The molecule has 11 heteroatoms. The van der Waals surface area contributed by atoms with Crippen molar-refractivity contribution in [3.63, 3.8) is 0 Å². The molecule has 2 amide bonds. The van der Waals surface area contributed by atoms with E-state index in [4.69, 9.17) is 14.5 Å². The molecule has 1 unspecified atom stereocenters. The molecule has 1 saturated heterocycles.